The predicted molar refractivity (Wildman–Crippen MR) is 81.4 cm³/mol. The Morgan fingerprint density at radius 3 is 3.10 bits per heavy atom. The Morgan fingerprint density at radius 2 is 2.40 bits per heavy atom. The maximum Gasteiger partial charge on any atom is 0.243 e. The lowest BCUT2D eigenvalue weighted by molar-refractivity contribution is 0.547. The van der Waals surface area contributed by atoms with E-state index in [4.69, 9.17) is 0 Å². The summed E-state index contributed by atoms with van der Waals surface area (Å²) in [6, 6.07) is 0.0575. The molecule has 0 saturated carbocycles. The zero-order valence-corrected chi connectivity index (χ0v) is 13.3. The lowest BCUT2D eigenvalue weighted by atomic mass is 10.3. The number of nitrogens with one attached hydrogen (secondary N) is 2. The van der Waals surface area contributed by atoms with Gasteiger partial charge in [-0.25, -0.2) is 13.1 Å². The van der Waals surface area contributed by atoms with Gasteiger partial charge in [0.05, 0.1) is 6.20 Å². The molecule has 0 aliphatic carbocycles. The van der Waals surface area contributed by atoms with Crippen molar-refractivity contribution in [1.29, 1.82) is 0 Å². The van der Waals surface area contributed by atoms with Gasteiger partial charge in [0.25, 0.3) is 0 Å². The number of nitrogens with zero attached hydrogens (tertiary/aromatic N) is 2. The Hall–Kier alpha value is -0.570. The van der Waals surface area contributed by atoms with Gasteiger partial charge >= 0.3 is 0 Å². The molecule has 1 atom stereocenters. The molecular weight excluding hydrogens is 296 g/mol. The highest BCUT2D eigenvalue weighted by molar-refractivity contribution is 7.99. The van der Waals surface area contributed by atoms with Gasteiger partial charge in [-0.1, -0.05) is 6.92 Å². The van der Waals surface area contributed by atoms with Crippen molar-refractivity contribution in [2.24, 2.45) is 0 Å². The fraction of sp³-hybridized carbons (Fsp3) is 0.750. The van der Waals surface area contributed by atoms with Crippen molar-refractivity contribution in [3.8, 4) is 0 Å². The molecule has 1 fully saturated rings. The first-order valence-corrected chi connectivity index (χ1v) is 9.59. The second-order valence-electron chi connectivity index (χ2n) is 4.83. The normalized spacial score (nSPS) is 19.6. The molecule has 6 nitrogen and oxygen atoms in total. The number of thioether (sulfide) groups is 1. The summed E-state index contributed by atoms with van der Waals surface area (Å²) in [5, 5.41) is 7.35. The predicted octanol–water partition coefficient (Wildman–Crippen LogP) is 0.667. The van der Waals surface area contributed by atoms with Crippen LogP contribution in [0.4, 0.5) is 0 Å². The fourth-order valence-electron chi connectivity index (χ4n) is 2.06. The van der Waals surface area contributed by atoms with E-state index in [1.807, 2.05) is 0 Å². The third-order valence-corrected chi connectivity index (χ3v) is 5.80. The molecular formula is C12H22N4O2S2. The molecule has 2 rings (SSSR count). The van der Waals surface area contributed by atoms with Crippen molar-refractivity contribution in [1.82, 2.24) is 19.8 Å². The molecule has 0 bridgehead atoms. The van der Waals surface area contributed by atoms with E-state index in [-0.39, 0.29) is 10.9 Å². The van der Waals surface area contributed by atoms with Crippen LogP contribution >= 0.6 is 11.8 Å². The lowest BCUT2D eigenvalue weighted by Crippen LogP contribution is -2.34. The molecule has 1 unspecified atom stereocenters. The Morgan fingerprint density at radius 1 is 1.55 bits per heavy atom. The van der Waals surface area contributed by atoms with Crippen molar-refractivity contribution in [2.45, 2.75) is 37.2 Å². The van der Waals surface area contributed by atoms with Crippen LogP contribution in [0.5, 0.6) is 0 Å². The van der Waals surface area contributed by atoms with Crippen molar-refractivity contribution in [2.75, 3.05) is 24.6 Å². The number of sulfonamides is 1. The zero-order valence-electron chi connectivity index (χ0n) is 11.7. The summed E-state index contributed by atoms with van der Waals surface area (Å²) in [6.07, 6.45) is 4.87. The third-order valence-electron chi connectivity index (χ3n) is 3.16. The van der Waals surface area contributed by atoms with Gasteiger partial charge in [0.15, 0.2) is 0 Å². The Bertz CT molecular complexity index is 509. The average molecular weight is 318 g/mol. The van der Waals surface area contributed by atoms with Crippen LogP contribution in [0, 0.1) is 0 Å². The molecule has 114 valence electrons. The summed E-state index contributed by atoms with van der Waals surface area (Å²) in [5.74, 6) is 1.88. The van der Waals surface area contributed by atoms with Crippen molar-refractivity contribution >= 4 is 21.8 Å². The molecule has 1 saturated heterocycles. The van der Waals surface area contributed by atoms with Crippen LogP contribution < -0.4 is 10.0 Å². The molecule has 0 radical (unpaired) electrons. The topological polar surface area (TPSA) is 76.0 Å². The maximum atomic E-state index is 12.2. The van der Waals surface area contributed by atoms with E-state index in [1.54, 1.807) is 22.6 Å². The average Bonchev–Trinajstić information content (AvgIpc) is 3.05. The molecule has 20 heavy (non-hydrogen) atoms. The molecule has 1 aromatic rings. The monoisotopic (exact) mass is 318 g/mol. The SMILES string of the molecule is CCNCCCn1cc(S(=O)(=O)NC2CCSC2)cn1. The van der Waals surface area contributed by atoms with Crippen LogP contribution in [-0.4, -0.2) is 48.8 Å². The smallest absolute Gasteiger partial charge is 0.243 e. The molecule has 2 N–H and O–H groups in total. The molecule has 1 aromatic heterocycles. The first-order chi connectivity index (χ1) is 9.62. The zero-order chi connectivity index (χ0) is 14.4. The van der Waals surface area contributed by atoms with Crippen LogP contribution in [0.2, 0.25) is 0 Å². The highest BCUT2D eigenvalue weighted by Crippen LogP contribution is 2.19. The van der Waals surface area contributed by atoms with Crippen LogP contribution in [-0.2, 0) is 16.6 Å². The molecule has 0 aromatic carbocycles. The van der Waals surface area contributed by atoms with Gasteiger partial charge in [-0.05, 0) is 31.7 Å². The summed E-state index contributed by atoms with van der Waals surface area (Å²) >= 11 is 1.78. The minimum absolute atomic E-state index is 0.0575. The fourth-order valence-corrected chi connectivity index (χ4v) is 4.54. The quantitative estimate of drug-likeness (QED) is 0.689. The van der Waals surface area contributed by atoms with E-state index in [9.17, 15) is 8.42 Å². The molecule has 1 aliphatic rings. The highest BCUT2D eigenvalue weighted by atomic mass is 32.2. The molecule has 1 aliphatic heterocycles. The van der Waals surface area contributed by atoms with E-state index >= 15 is 0 Å². The van der Waals surface area contributed by atoms with Gasteiger partial charge in [-0.3, -0.25) is 4.68 Å². The Kier molecular flexibility index (Phi) is 5.88. The number of aromatic nitrogens is 2. The van der Waals surface area contributed by atoms with E-state index in [2.05, 4.69) is 22.1 Å². The van der Waals surface area contributed by atoms with Gasteiger partial charge in [0, 0.05) is 24.5 Å². The second kappa shape index (κ2) is 7.44. The summed E-state index contributed by atoms with van der Waals surface area (Å²) in [5.41, 5.74) is 0. The van der Waals surface area contributed by atoms with E-state index < -0.39 is 10.0 Å². The van der Waals surface area contributed by atoms with Gasteiger partial charge < -0.3 is 5.32 Å². The van der Waals surface area contributed by atoms with Crippen molar-refractivity contribution in [3.63, 3.8) is 0 Å². The summed E-state index contributed by atoms with van der Waals surface area (Å²) in [6.45, 7) is 4.64. The summed E-state index contributed by atoms with van der Waals surface area (Å²) in [4.78, 5) is 0.262. The number of rotatable bonds is 8. The molecule has 0 amide bonds. The largest absolute Gasteiger partial charge is 0.317 e. The highest BCUT2D eigenvalue weighted by Gasteiger charge is 2.24. The van der Waals surface area contributed by atoms with Crippen LogP contribution in [0.25, 0.3) is 0 Å². The summed E-state index contributed by atoms with van der Waals surface area (Å²) in [7, 11) is -3.42. The molecule has 0 spiro atoms. The van der Waals surface area contributed by atoms with Gasteiger partial charge in [0.1, 0.15) is 4.90 Å². The third kappa shape index (κ3) is 4.47. The Labute approximate surface area is 124 Å². The van der Waals surface area contributed by atoms with Gasteiger partial charge in [0.2, 0.25) is 10.0 Å². The van der Waals surface area contributed by atoms with Gasteiger partial charge in [-0.15, -0.1) is 0 Å². The van der Waals surface area contributed by atoms with Gasteiger partial charge in [-0.2, -0.15) is 16.9 Å². The van der Waals surface area contributed by atoms with Crippen LogP contribution in [0.1, 0.15) is 19.8 Å². The first-order valence-electron chi connectivity index (χ1n) is 6.95. The number of hydrogen-bond acceptors (Lipinski definition) is 5. The van der Waals surface area contributed by atoms with Crippen LogP contribution in [0.15, 0.2) is 17.3 Å². The first kappa shape index (κ1) is 15.8. The second-order valence-corrected chi connectivity index (χ2v) is 7.69. The van der Waals surface area contributed by atoms with E-state index in [0.29, 0.717) is 0 Å². The van der Waals surface area contributed by atoms with Crippen LogP contribution in [0.3, 0.4) is 0 Å². The summed E-state index contributed by atoms with van der Waals surface area (Å²) < 4.78 is 28.8. The Balaban J connectivity index is 1.89. The standard InChI is InChI=1S/C12H22N4O2S2/c1-2-13-5-3-6-16-9-12(8-14-16)20(17,18)15-11-4-7-19-10-11/h8-9,11,13,15H,2-7,10H2,1H3. The maximum absolute atomic E-state index is 12.2. The lowest BCUT2D eigenvalue weighted by Gasteiger charge is -2.10. The van der Waals surface area contributed by atoms with E-state index in [0.717, 1.165) is 44.0 Å². The minimum Gasteiger partial charge on any atom is -0.317 e. The minimum atomic E-state index is -3.42. The number of aryl methyl sites for hydroxylation is 1. The van der Waals surface area contributed by atoms with Crippen molar-refractivity contribution in [3.05, 3.63) is 12.4 Å². The molecule has 2 heterocycles. The van der Waals surface area contributed by atoms with E-state index in [1.165, 1.54) is 6.20 Å². The molecule has 8 heteroatoms. The van der Waals surface area contributed by atoms with Crippen molar-refractivity contribution < 1.29 is 8.42 Å². The number of hydrogen-bond donors (Lipinski definition) is 2.